The fourth-order valence-corrected chi connectivity index (χ4v) is 3.54. The minimum Gasteiger partial charge on any atom is -0.454 e. The number of imide groups is 1. The Hall–Kier alpha value is -2.77. The third-order valence-corrected chi connectivity index (χ3v) is 4.99. The van der Waals surface area contributed by atoms with Crippen molar-refractivity contribution in [2.45, 2.75) is 38.3 Å². The van der Waals surface area contributed by atoms with E-state index in [2.05, 4.69) is 5.32 Å². The van der Waals surface area contributed by atoms with Gasteiger partial charge in [-0.15, -0.1) is 0 Å². The smallest absolute Gasteiger partial charge is 0.325 e. The Morgan fingerprint density at radius 1 is 1.15 bits per heavy atom. The summed E-state index contributed by atoms with van der Waals surface area (Å²) in [7, 11) is 0. The summed E-state index contributed by atoms with van der Waals surface area (Å²) in [5, 5.41) is 2.68. The lowest BCUT2D eigenvalue weighted by Gasteiger charge is -2.16. The zero-order chi connectivity index (χ0) is 18.1. The Balaban J connectivity index is 1.35. The minimum atomic E-state index is -0.636. The van der Waals surface area contributed by atoms with Crippen molar-refractivity contribution in [1.29, 1.82) is 0 Å². The van der Waals surface area contributed by atoms with Gasteiger partial charge in [0.1, 0.15) is 6.04 Å². The first kappa shape index (κ1) is 16.7. The lowest BCUT2D eigenvalue weighted by Crippen LogP contribution is -2.33. The van der Waals surface area contributed by atoms with Crippen LogP contribution < -0.4 is 14.8 Å². The van der Waals surface area contributed by atoms with Gasteiger partial charge in [0.15, 0.2) is 11.5 Å². The normalized spacial score (nSPS) is 21.5. The van der Waals surface area contributed by atoms with Gasteiger partial charge < -0.3 is 19.7 Å². The number of ether oxygens (including phenoxy) is 2. The number of urea groups is 1. The Morgan fingerprint density at radius 3 is 2.73 bits per heavy atom. The van der Waals surface area contributed by atoms with Crippen LogP contribution in [0.5, 0.6) is 11.5 Å². The maximum atomic E-state index is 12.5. The monoisotopic (exact) mass is 359 g/mol. The van der Waals surface area contributed by atoms with E-state index in [1.54, 1.807) is 18.2 Å². The highest BCUT2D eigenvalue weighted by Crippen LogP contribution is 2.33. The number of amides is 4. The molecule has 8 nitrogen and oxygen atoms in total. The summed E-state index contributed by atoms with van der Waals surface area (Å²) < 4.78 is 10.6. The zero-order valence-electron chi connectivity index (χ0n) is 14.4. The third kappa shape index (κ3) is 3.18. The number of hydrogen-bond donors (Lipinski definition) is 1. The molecule has 3 aliphatic heterocycles. The van der Waals surface area contributed by atoms with Gasteiger partial charge in [-0.25, -0.2) is 4.79 Å². The molecule has 8 heteroatoms. The molecule has 2 fully saturated rings. The molecule has 1 aromatic rings. The van der Waals surface area contributed by atoms with Gasteiger partial charge in [-0.05, 0) is 37.0 Å². The molecule has 0 radical (unpaired) electrons. The van der Waals surface area contributed by atoms with Crippen LogP contribution in [0, 0.1) is 0 Å². The van der Waals surface area contributed by atoms with E-state index in [9.17, 15) is 14.4 Å². The van der Waals surface area contributed by atoms with Crippen LogP contribution in [0.3, 0.4) is 0 Å². The number of fused-ring (bicyclic) bond motifs is 1. The summed E-state index contributed by atoms with van der Waals surface area (Å²) in [6.07, 6.45) is 2.67. The largest absolute Gasteiger partial charge is 0.454 e. The molecule has 2 saturated heterocycles. The highest BCUT2D eigenvalue weighted by atomic mass is 16.7. The number of rotatable bonds is 5. The summed E-state index contributed by atoms with van der Waals surface area (Å²) in [5.41, 5.74) is 0.784. The van der Waals surface area contributed by atoms with Crippen molar-refractivity contribution in [2.75, 3.05) is 19.9 Å². The van der Waals surface area contributed by atoms with Gasteiger partial charge >= 0.3 is 6.03 Å². The van der Waals surface area contributed by atoms with Gasteiger partial charge in [-0.1, -0.05) is 6.07 Å². The van der Waals surface area contributed by atoms with Crippen molar-refractivity contribution < 1.29 is 23.9 Å². The predicted molar refractivity (Wildman–Crippen MR) is 90.5 cm³/mol. The highest BCUT2D eigenvalue weighted by molar-refractivity contribution is 6.04. The zero-order valence-corrected chi connectivity index (χ0v) is 14.4. The van der Waals surface area contributed by atoms with Crippen LogP contribution in [0.4, 0.5) is 4.79 Å². The molecule has 4 amide bonds. The molecule has 0 saturated carbocycles. The van der Waals surface area contributed by atoms with Gasteiger partial charge in [0.05, 0.1) is 6.54 Å². The van der Waals surface area contributed by atoms with E-state index in [4.69, 9.17) is 9.47 Å². The van der Waals surface area contributed by atoms with Crippen molar-refractivity contribution in [1.82, 2.24) is 15.1 Å². The topological polar surface area (TPSA) is 88.2 Å². The first-order chi connectivity index (χ1) is 12.6. The minimum absolute atomic E-state index is 0.0544. The number of nitrogens with zero attached hydrogens (tertiary/aromatic N) is 2. The Bertz CT molecular complexity index is 744. The number of carbonyl (C=O) groups excluding carboxylic acids is 3. The fraction of sp³-hybridized carbons (Fsp3) is 0.500. The van der Waals surface area contributed by atoms with E-state index in [-0.39, 0.29) is 31.6 Å². The van der Waals surface area contributed by atoms with Gasteiger partial charge in [0.2, 0.25) is 12.7 Å². The quantitative estimate of drug-likeness (QED) is 0.799. The summed E-state index contributed by atoms with van der Waals surface area (Å²) in [5.74, 6) is 1.03. The van der Waals surface area contributed by atoms with Crippen molar-refractivity contribution in [3.63, 3.8) is 0 Å². The van der Waals surface area contributed by atoms with Gasteiger partial charge in [0.25, 0.3) is 5.91 Å². The SMILES string of the molecule is O=C(CC[C@@H]1NC(=O)N(Cc2ccc3c(c2)OCO3)C1=O)N1CCCC1. The summed E-state index contributed by atoms with van der Waals surface area (Å²) in [4.78, 5) is 39.9. The maximum Gasteiger partial charge on any atom is 0.325 e. The highest BCUT2D eigenvalue weighted by Gasteiger charge is 2.38. The lowest BCUT2D eigenvalue weighted by atomic mass is 10.1. The van der Waals surface area contributed by atoms with Gasteiger partial charge in [0, 0.05) is 19.5 Å². The number of likely N-dealkylation sites (tertiary alicyclic amines) is 1. The van der Waals surface area contributed by atoms with Crippen LogP contribution in [0.15, 0.2) is 18.2 Å². The molecule has 0 spiro atoms. The van der Waals surface area contributed by atoms with Crippen molar-refractivity contribution in [3.05, 3.63) is 23.8 Å². The third-order valence-electron chi connectivity index (χ3n) is 4.99. The van der Waals surface area contributed by atoms with Crippen LogP contribution in [0.25, 0.3) is 0 Å². The van der Waals surface area contributed by atoms with E-state index >= 15 is 0 Å². The molecule has 0 bridgehead atoms. The molecule has 0 aliphatic carbocycles. The Kier molecular flexibility index (Phi) is 4.40. The Morgan fingerprint density at radius 2 is 1.92 bits per heavy atom. The first-order valence-electron chi connectivity index (χ1n) is 8.90. The molecule has 138 valence electrons. The molecular weight excluding hydrogens is 338 g/mol. The number of carbonyl (C=O) groups is 3. The van der Waals surface area contributed by atoms with Crippen LogP contribution in [-0.2, 0) is 16.1 Å². The van der Waals surface area contributed by atoms with Crippen molar-refractivity contribution >= 4 is 17.8 Å². The molecule has 0 unspecified atom stereocenters. The maximum absolute atomic E-state index is 12.5. The van der Waals surface area contributed by atoms with Crippen LogP contribution >= 0.6 is 0 Å². The number of hydrogen-bond acceptors (Lipinski definition) is 5. The predicted octanol–water partition coefficient (Wildman–Crippen LogP) is 1.24. The molecule has 0 aromatic heterocycles. The van der Waals surface area contributed by atoms with Crippen LogP contribution in [0.1, 0.15) is 31.2 Å². The van der Waals surface area contributed by atoms with Crippen LogP contribution in [0.2, 0.25) is 0 Å². The number of nitrogens with one attached hydrogen (secondary N) is 1. The van der Waals surface area contributed by atoms with E-state index in [1.807, 2.05) is 4.90 Å². The van der Waals surface area contributed by atoms with E-state index < -0.39 is 12.1 Å². The molecular formula is C18H21N3O5. The van der Waals surface area contributed by atoms with E-state index in [1.165, 1.54) is 4.90 Å². The fourth-order valence-electron chi connectivity index (χ4n) is 3.54. The van der Waals surface area contributed by atoms with Gasteiger partial charge in [-0.3, -0.25) is 14.5 Å². The molecule has 1 atom stereocenters. The summed E-state index contributed by atoms with van der Waals surface area (Å²) >= 11 is 0. The van der Waals surface area contributed by atoms with E-state index in [0.717, 1.165) is 31.5 Å². The van der Waals surface area contributed by atoms with Crippen LogP contribution in [-0.4, -0.2) is 53.6 Å². The number of benzene rings is 1. The average molecular weight is 359 g/mol. The molecule has 1 aromatic carbocycles. The second-order valence-electron chi connectivity index (χ2n) is 6.74. The molecule has 4 rings (SSSR count). The van der Waals surface area contributed by atoms with E-state index in [0.29, 0.717) is 17.9 Å². The van der Waals surface area contributed by atoms with Crippen molar-refractivity contribution in [3.8, 4) is 11.5 Å². The first-order valence-corrected chi connectivity index (χ1v) is 8.90. The Labute approximate surface area is 151 Å². The molecule has 3 aliphatic rings. The standard InChI is InChI=1S/C18H21N3O5/c22-16(20-7-1-2-8-20)6-4-13-17(23)21(18(24)19-13)10-12-3-5-14-15(9-12)26-11-25-14/h3,5,9,13H,1-2,4,6-8,10-11H2,(H,19,24)/t13-/m0/s1. The second-order valence-corrected chi connectivity index (χ2v) is 6.74. The summed E-state index contributed by atoms with van der Waals surface area (Å²) in [6, 6.07) is 4.28. The van der Waals surface area contributed by atoms with Gasteiger partial charge in [-0.2, -0.15) is 0 Å². The summed E-state index contributed by atoms with van der Waals surface area (Å²) in [6.45, 7) is 1.92. The average Bonchev–Trinajstić information content (AvgIpc) is 3.37. The molecule has 1 N–H and O–H groups in total. The lowest BCUT2D eigenvalue weighted by molar-refractivity contribution is -0.131. The second kappa shape index (κ2) is 6.86. The molecule has 3 heterocycles. The molecule has 26 heavy (non-hydrogen) atoms. The van der Waals surface area contributed by atoms with Crippen molar-refractivity contribution in [2.24, 2.45) is 0 Å².